The summed E-state index contributed by atoms with van der Waals surface area (Å²) in [7, 11) is 0. The molecule has 0 amide bonds. The third-order valence-corrected chi connectivity index (χ3v) is 4.22. The van der Waals surface area contributed by atoms with Gasteiger partial charge in [0.2, 0.25) is 0 Å². The molecule has 0 aliphatic heterocycles. The summed E-state index contributed by atoms with van der Waals surface area (Å²) < 4.78 is 1.81. The van der Waals surface area contributed by atoms with Crippen LogP contribution in [0.5, 0.6) is 0 Å². The highest BCUT2D eigenvalue weighted by Gasteiger charge is 2.27. The second-order valence-corrected chi connectivity index (χ2v) is 5.73. The van der Waals surface area contributed by atoms with Gasteiger partial charge in [-0.2, -0.15) is 0 Å². The molecule has 4 rings (SSSR count). The smallest absolute Gasteiger partial charge is 0.113 e. The molecule has 0 fully saturated rings. The number of hydrogen-bond donors (Lipinski definition) is 1. The first-order valence-electron chi connectivity index (χ1n) is 7.92. The van der Waals surface area contributed by atoms with E-state index >= 15 is 0 Å². The Morgan fingerprint density at radius 1 is 0.708 bits per heavy atom. The average molecular weight is 315 g/mol. The maximum atomic E-state index is 11.1. The normalized spacial score (nSPS) is 13.7. The summed E-state index contributed by atoms with van der Waals surface area (Å²) in [6, 6.07) is 27.0. The molecular weight excluding hydrogens is 298 g/mol. The predicted octanol–water partition coefficient (Wildman–Crippen LogP) is 3.75. The van der Waals surface area contributed by atoms with Crippen LogP contribution in [-0.2, 0) is 0 Å². The number of aromatic nitrogens is 3. The van der Waals surface area contributed by atoms with Gasteiger partial charge in [-0.15, -0.1) is 5.10 Å². The Hall–Kier alpha value is -2.98. The summed E-state index contributed by atoms with van der Waals surface area (Å²) in [5.74, 6) is 0. The van der Waals surface area contributed by atoms with E-state index in [1.54, 1.807) is 0 Å². The number of rotatable bonds is 4. The van der Waals surface area contributed by atoms with Crippen molar-refractivity contribution in [2.24, 2.45) is 0 Å². The van der Waals surface area contributed by atoms with Crippen LogP contribution in [-0.4, -0.2) is 20.1 Å². The molecule has 24 heavy (non-hydrogen) atoms. The van der Waals surface area contributed by atoms with Gasteiger partial charge in [-0.1, -0.05) is 78.0 Å². The highest BCUT2D eigenvalue weighted by molar-refractivity contribution is 5.74. The van der Waals surface area contributed by atoms with Crippen molar-refractivity contribution in [3.05, 3.63) is 96.1 Å². The zero-order valence-electron chi connectivity index (χ0n) is 13.0. The third kappa shape index (κ3) is 2.57. The summed E-state index contributed by atoms with van der Waals surface area (Å²) in [5.41, 5.74) is 3.57. The lowest BCUT2D eigenvalue weighted by molar-refractivity contribution is 0.126. The van der Waals surface area contributed by atoms with E-state index in [0.717, 1.165) is 22.2 Å². The van der Waals surface area contributed by atoms with Crippen molar-refractivity contribution in [1.29, 1.82) is 0 Å². The molecule has 4 heteroatoms. The Labute approximate surface area is 140 Å². The van der Waals surface area contributed by atoms with Crippen LogP contribution in [0.25, 0.3) is 11.0 Å². The molecule has 1 N–H and O–H groups in total. The quantitative estimate of drug-likeness (QED) is 0.624. The molecule has 0 saturated heterocycles. The first kappa shape index (κ1) is 14.6. The fraction of sp³-hybridized carbons (Fsp3) is 0.100. The molecule has 118 valence electrons. The van der Waals surface area contributed by atoms with Gasteiger partial charge in [0.25, 0.3) is 0 Å². The van der Waals surface area contributed by atoms with Crippen LogP contribution in [0.1, 0.15) is 23.3 Å². The van der Waals surface area contributed by atoms with Gasteiger partial charge in [-0.05, 0) is 23.3 Å². The molecule has 1 aromatic heterocycles. The molecule has 3 aromatic carbocycles. The summed E-state index contributed by atoms with van der Waals surface area (Å²) in [6.45, 7) is 0. The van der Waals surface area contributed by atoms with Crippen LogP contribution in [0.4, 0.5) is 0 Å². The lowest BCUT2D eigenvalue weighted by Crippen LogP contribution is -2.20. The number of aliphatic hydroxyl groups excluding tert-OH is 1. The Kier molecular flexibility index (Phi) is 3.81. The topological polar surface area (TPSA) is 50.9 Å². The molecule has 0 radical (unpaired) electrons. The molecule has 0 spiro atoms. The SMILES string of the molecule is O[C@@H](c1ccccc1)C(c1ccccc1)n1nnc2ccccc21. The highest BCUT2D eigenvalue weighted by Crippen LogP contribution is 2.33. The van der Waals surface area contributed by atoms with E-state index in [2.05, 4.69) is 10.3 Å². The van der Waals surface area contributed by atoms with Crippen LogP contribution in [0.3, 0.4) is 0 Å². The molecule has 1 unspecified atom stereocenters. The fourth-order valence-corrected chi connectivity index (χ4v) is 3.03. The second-order valence-electron chi connectivity index (χ2n) is 5.73. The minimum absolute atomic E-state index is 0.346. The first-order valence-corrected chi connectivity index (χ1v) is 7.92. The number of para-hydroxylation sites is 1. The number of fused-ring (bicyclic) bond motifs is 1. The number of hydrogen-bond acceptors (Lipinski definition) is 3. The van der Waals surface area contributed by atoms with Crippen molar-refractivity contribution in [2.45, 2.75) is 12.1 Å². The summed E-state index contributed by atoms with van der Waals surface area (Å²) >= 11 is 0. The minimum Gasteiger partial charge on any atom is -0.386 e. The van der Waals surface area contributed by atoms with E-state index in [9.17, 15) is 5.11 Å². The fourth-order valence-electron chi connectivity index (χ4n) is 3.03. The molecule has 0 bridgehead atoms. The molecule has 0 saturated carbocycles. The average Bonchev–Trinajstić information content (AvgIpc) is 3.07. The zero-order chi connectivity index (χ0) is 16.4. The molecule has 1 heterocycles. The summed E-state index contributed by atoms with van der Waals surface area (Å²) in [4.78, 5) is 0. The minimum atomic E-state index is -0.723. The van der Waals surface area contributed by atoms with Gasteiger partial charge >= 0.3 is 0 Å². The number of nitrogens with zero attached hydrogens (tertiary/aromatic N) is 3. The van der Waals surface area contributed by atoms with E-state index in [4.69, 9.17) is 0 Å². The van der Waals surface area contributed by atoms with E-state index < -0.39 is 6.10 Å². The molecule has 0 aliphatic carbocycles. The Morgan fingerprint density at radius 2 is 1.29 bits per heavy atom. The van der Waals surface area contributed by atoms with Gasteiger partial charge in [0.05, 0.1) is 5.52 Å². The van der Waals surface area contributed by atoms with Crippen LogP contribution >= 0.6 is 0 Å². The van der Waals surface area contributed by atoms with Gasteiger partial charge in [-0.25, -0.2) is 4.68 Å². The van der Waals surface area contributed by atoms with Gasteiger partial charge in [0.15, 0.2) is 0 Å². The number of aliphatic hydroxyl groups is 1. The first-order chi connectivity index (χ1) is 11.8. The van der Waals surface area contributed by atoms with Gasteiger partial charge in [0.1, 0.15) is 17.7 Å². The van der Waals surface area contributed by atoms with Crippen molar-refractivity contribution >= 4 is 11.0 Å². The van der Waals surface area contributed by atoms with Crippen LogP contribution in [0.2, 0.25) is 0 Å². The van der Waals surface area contributed by atoms with Gasteiger partial charge in [0, 0.05) is 0 Å². The van der Waals surface area contributed by atoms with Crippen molar-refractivity contribution in [3.8, 4) is 0 Å². The zero-order valence-corrected chi connectivity index (χ0v) is 13.0. The third-order valence-electron chi connectivity index (χ3n) is 4.22. The molecule has 4 nitrogen and oxygen atoms in total. The lowest BCUT2D eigenvalue weighted by atomic mass is 9.95. The maximum Gasteiger partial charge on any atom is 0.113 e. The molecular formula is C20H17N3O. The summed E-state index contributed by atoms with van der Waals surface area (Å²) in [6.07, 6.45) is -0.723. The van der Waals surface area contributed by atoms with E-state index in [0.29, 0.717) is 0 Å². The maximum absolute atomic E-state index is 11.1. The lowest BCUT2D eigenvalue weighted by Gasteiger charge is -2.24. The standard InChI is InChI=1S/C20H17N3O/c24-20(16-11-5-2-6-12-16)19(15-9-3-1-4-10-15)23-18-14-8-7-13-17(18)21-22-23/h1-14,19-20,24H/t19?,20-/m0/s1. The van der Waals surface area contributed by atoms with Gasteiger partial charge < -0.3 is 5.11 Å². The Bertz CT molecular complexity index is 935. The Morgan fingerprint density at radius 3 is 2.00 bits per heavy atom. The Balaban J connectivity index is 1.88. The van der Waals surface area contributed by atoms with Crippen LogP contribution in [0.15, 0.2) is 84.9 Å². The van der Waals surface area contributed by atoms with Gasteiger partial charge in [-0.3, -0.25) is 0 Å². The molecule has 2 atom stereocenters. The molecule has 4 aromatic rings. The van der Waals surface area contributed by atoms with Crippen LogP contribution < -0.4 is 0 Å². The number of benzene rings is 3. The predicted molar refractivity (Wildman–Crippen MR) is 93.5 cm³/mol. The van der Waals surface area contributed by atoms with Crippen molar-refractivity contribution in [3.63, 3.8) is 0 Å². The monoisotopic (exact) mass is 315 g/mol. The van der Waals surface area contributed by atoms with Crippen molar-refractivity contribution < 1.29 is 5.11 Å². The largest absolute Gasteiger partial charge is 0.386 e. The highest BCUT2D eigenvalue weighted by atomic mass is 16.3. The summed E-state index contributed by atoms with van der Waals surface area (Å²) in [5, 5.41) is 19.6. The molecule has 0 aliphatic rings. The van der Waals surface area contributed by atoms with E-state index in [-0.39, 0.29) is 6.04 Å². The van der Waals surface area contributed by atoms with E-state index in [1.807, 2.05) is 89.6 Å². The van der Waals surface area contributed by atoms with Crippen LogP contribution in [0, 0.1) is 0 Å². The second kappa shape index (κ2) is 6.26. The van der Waals surface area contributed by atoms with Crippen molar-refractivity contribution in [1.82, 2.24) is 15.0 Å². The van der Waals surface area contributed by atoms with E-state index in [1.165, 1.54) is 0 Å². The van der Waals surface area contributed by atoms with Crippen molar-refractivity contribution in [2.75, 3.05) is 0 Å².